The van der Waals surface area contributed by atoms with Crippen LogP contribution in [0.15, 0.2) is 96.2 Å². The fourth-order valence-corrected chi connectivity index (χ4v) is 5.52. The SMILES string of the molecule is CCCCCC/C(=N\OC(=O)c1ccccc1)C(=O)c1ccc2c(c1)c1cc(C(=O)c3ccccc3C)ccc1n2CC. The number of aryl methyl sites for hydroxylation is 2. The maximum atomic E-state index is 13.8. The van der Waals surface area contributed by atoms with Crippen molar-refractivity contribution in [2.24, 2.45) is 5.16 Å². The van der Waals surface area contributed by atoms with E-state index < -0.39 is 5.97 Å². The quantitative estimate of drug-likeness (QED) is 0.0492. The van der Waals surface area contributed by atoms with Crippen LogP contribution in [0.2, 0.25) is 0 Å². The van der Waals surface area contributed by atoms with Crippen LogP contribution in [0.3, 0.4) is 0 Å². The first-order valence-corrected chi connectivity index (χ1v) is 15.0. The molecule has 5 rings (SSSR count). The van der Waals surface area contributed by atoms with Gasteiger partial charge in [0.05, 0.1) is 5.56 Å². The molecule has 0 unspecified atom stereocenters. The number of aromatic nitrogens is 1. The summed E-state index contributed by atoms with van der Waals surface area (Å²) in [6, 6.07) is 27.6. The number of hydrogen-bond acceptors (Lipinski definition) is 5. The van der Waals surface area contributed by atoms with Gasteiger partial charge in [0.25, 0.3) is 0 Å². The Morgan fingerprint density at radius 3 is 2.05 bits per heavy atom. The molecule has 0 amide bonds. The fraction of sp³-hybridized carbons (Fsp3) is 0.243. The number of ketones is 2. The standard InChI is InChI=1S/C37H36N2O4/c1-4-6-7-11-18-32(38-43-37(42)26-15-9-8-10-16-26)36(41)28-20-22-34-31(24-28)30-23-27(19-21-33(30)39(34)5-2)35(40)29-17-13-12-14-25(29)3/h8-10,12-17,19-24H,4-7,11,18H2,1-3H3/b38-32+. The molecule has 0 saturated carbocycles. The summed E-state index contributed by atoms with van der Waals surface area (Å²) in [7, 11) is 0. The number of Topliss-reactive ketones (excluding diaryl/α,β-unsaturated/α-hetero) is 1. The van der Waals surface area contributed by atoms with Crippen molar-refractivity contribution >= 4 is 45.1 Å². The number of oxime groups is 1. The van der Waals surface area contributed by atoms with Crippen LogP contribution in [0, 0.1) is 6.92 Å². The minimum Gasteiger partial charge on any atom is -0.341 e. The van der Waals surface area contributed by atoms with Crippen LogP contribution < -0.4 is 0 Å². The van der Waals surface area contributed by atoms with Gasteiger partial charge < -0.3 is 9.40 Å². The highest BCUT2D eigenvalue weighted by atomic mass is 16.7. The summed E-state index contributed by atoms with van der Waals surface area (Å²) < 4.78 is 2.18. The smallest absolute Gasteiger partial charge is 0.341 e. The minimum absolute atomic E-state index is 0.0358. The zero-order valence-electron chi connectivity index (χ0n) is 24.9. The molecule has 0 N–H and O–H groups in total. The highest BCUT2D eigenvalue weighted by Crippen LogP contribution is 2.32. The zero-order chi connectivity index (χ0) is 30.3. The molecule has 0 aliphatic rings. The molecule has 0 fully saturated rings. The van der Waals surface area contributed by atoms with Crippen molar-refractivity contribution in [3.05, 3.63) is 119 Å². The van der Waals surface area contributed by atoms with Gasteiger partial charge in [-0.05, 0) is 80.8 Å². The lowest BCUT2D eigenvalue weighted by atomic mass is 9.97. The Morgan fingerprint density at radius 1 is 0.721 bits per heavy atom. The first-order valence-electron chi connectivity index (χ1n) is 15.0. The predicted molar refractivity (Wildman–Crippen MR) is 172 cm³/mol. The van der Waals surface area contributed by atoms with Crippen LogP contribution in [0.4, 0.5) is 0 Å². The molecule has 1 heterocycles. The van der Waals surface area contributed by atoms with Gasteiger partial charge in [-0.1, -0.05) is 73.8 Å². The van der Waals surface area contributed by atoms with Crippen molar-refractivity contribution in [2.45, 2.75) is 59.4 Å². The maximum Gasteiger partial charge on any atom is 0.365 e. The second-order valence-electron chi connectivity index (χ2n) is 10.8. The molecule has 0 atom stereocenters. The first-order chi connectivity index (χ1) is 20.9. The molecule has 5 aromatic rings. The summed E-state index contributed by atoms with van der Waals surface area (Å²) in [5.74, 6) is -0.915. The van der Waals surface area contributed by atoms with E-state index in [2.05, 4.69) is 23.6 Å². The normalized spacial score (nSPS) is 11.7. The van der Waals surface area contributed by atoms with E-state index in [1.54, 1.807) is 30.3 Å². The van der Waals surface area contributed by atoms with Crippen LogP contribution in [0.5, 0.6) is 0 Å². The summed E-state index contributed by atoms with van der Waals surface area (Å²) in [4.78, 5) is 45.1. The lowest BCUT2D eigenvalue weighted by Crippen LogP contribution is -2.16. The van der Waals surface area contributed by atoms with Gasteiger partial charge in [0.1, 0.15) is 5.71 Å². The average molecular weight is 573 g/mol. The predicted octanol–water partition coefficient (Wildman–Crippen LogP) is 8.72. The molecule has 0 aliphatic carbocycles. The van der Waals surface area contributed by atoms with Gasteiger partial charge in [-0.25, -0.2) is 4.79 Å². The van der Waals surface area contributed by atoms with Gasteiger partial charge in [-0.3, -0.25) is 9.59 Å². The van der Waals surface area contributed by atoms with Gasteiger partial charge in [0, 0.05) is 45.0 Å². The van der Waals surface area contributed by atoms with E-state index in [1.165, 1.54) is 0 Å². The summed E-state index contributed by atoms with van der Waals surface area (Å²) in [5.41, 5.74) is 5.22. The van der Waals surface area contributed by atoms with E-state index in [4.69, 9.17) is 4.84 Å². The number of fused-ring (bicyclic) bond motifs is 3. The number of carbonyl (C=O) groups excluding carboxylic acids is 3. The number of carbonyl (C=O) groups is 3. The van der Waals surface area contributed by atoms with E-state index in [0.29, 0.717) is 28.7 Å². The van der Waals surface area contributed by atoms with Gasteiger partial charge in [-0.15, -0.1) is 0 Å². The molecule has 43 heavy (non-hydrogen) atoms. The summed E-state index contributed by atoms with van der Waals surface area (Å²) >= 11 is 0. The van der Waals surface area contributed by atoms with Gasteiger partial charge in [0.15, 0.2) is 5.78 Å². The van der Waals surface area contributed by atoms with Crippen molar-refractivity contribution in [2.75, 3.05) is 0 Å². The highest BCUT2D eigenvalue weighted by molar-refractivity contribution is 6.46. The van der Waals surface area contributed by atoms with Crippen LogP contribution in [-0.4, -0.2) is 27.8 Å². The van der Waals surface area contributed by atoms with E-state index >= 15 is 0 Å². The van der Waals surface area contributed by atoms with E-state index in [0.717, 1.165) is 59.6 Å². The molecule has 0 radical (unpaired) electrons. The van der Waals surface area contributed by atoms with Crippen molar-refractivity contribution < 1.29 is 19.2 Å². The Kier molecular flexibility index (Phi) is 9.26. The lowest BCUT2D eigenvalue weighted by molar-refractivity contribution is 0.0514. The minimum atomic E-state index is -0.605. The number of hydrogen-bond donors (Lipinski definition) is 0. The molecule has 0 spiro atoms. The second kappa shape index (κ2) is 13.4. The topological polar surface area (TPSA) is 77.7 Å². The molecule has 0 aliphatic heterocycles. The highest BCUT2D eigenvalue weighted by Gasteiger charge is 2.20. The third-order valence-corrected chi connectivity index (χ3v) is 7.87. The fourth-order valence-electron chi connectivity index (χ4n) is 5.52. The van der Waals surface area contributed by atoms with Crippen LogP contribution in [-0.2, 0) is 11.4 Å². The van der Waals surface area contributed by atoms with Gasteiger partial charge in [-0.2, -0.15) is 0 Å². The Labute approximate surface area is 252 Å². The molecule has 6 nitrogen and oxygen atoms in total. The molecule has 4 aromatic carbocycles. The molecule has 6 heteroatoms. The van der Waals surface area contributed by atoms with E-state index in [-0.39, 0.29) is 17.3 Å². The van der Waals surface area contributed by atoms with Crippen LogP contribution in [0.1, 0.15) is 88.2 Å². The monoisotopic (exact) mass is 572 g/mol. The number of benzene rings is 4. The number of unbranched alkanes of at least 4 members (excludes halogenated alkanes) is 3. The Bertz CT molecular complexity index is 1830. The maximum absolute atomic E-state index is 13.8. The van der Waals surface area contributed by atoms with Crippen molar-refractivity contribution in [3.63, 3.8) is 0 Å². The Morgan fingerprint density at radius 2 is 1.37 bits per heavy atom. The Hall–Kier alpha value is -4.84. The molecule has 218 valence electrons. The molecule has 0 bridgehead atoms. The number of nitrogens with zero attached hydrogens (tertiary/aromatic N) is 2. The van der Waals surface area contributed by atoms with Crippen LogP contribution >= 0.6 is 0 Å². The largest absolute Gasteiger partial charge is 0.365 e. The zero-order valence-corrected chi connectivity index (χ0v) is 24.9. The molecule has 0 saturated heterocycles. The van der Waals surface area contributed by atoms with Crippen molar-refractivity contribution in [3.8, 4) is 0 Å². The first kappa shape index (κ1) is 29.6. The molecular weight excluding hydrogens is 536 g/mol. The van der Waals surface area contributed by atoms with Crippen LogP contribution in [0.25, 0.3) is 21.8 Å². The average Bonchev–Trinajstić information content (AvgIpc) is 3.36. The third-order valence-electron chi connectivity index (χ3n) is 7.87. The Balaban J connectivity index is 1.52. The lowest BCUT2D eigenvalue weighted by Gasteiger charge is -2.07. The van der Waals surface area contributed by atoms with Gasteiger partial charge in [0.2, 0.25) is 5.78 Å². The second-order valence-corrected chi connectivity index (χ2v) is 10.8. The summed E-state index contributed by atoms with van der Waals surface area (Å²) in [6.45, 7) is 6.87. The van der Waals surface area contributed by atoms with E-state index in [1.807, 2.05) is 67.6 Å². The third kappa shape index (κ3) is 6.33. The molecule has 1 aromatic heterocycles. The van der Waals surface area contributed by atoms with Crippen molar-refractivity contribution in [1.29, 1.82) is 0 Å². The summed E-state index contributed by atoms with van der Waals surface area (Å²) in [6.07, 6.45) is 4.25. The van der Waals surface area contributed by atoms with Gasteiger partial charge >= 0.3 is 5.97 Å². The van der Waals surface area contributed by atoms with Crippen molar-refractivity contribution in [1.82, 2.24) is 4.57 Å². The number of rotatable bonds is 12. The molecular formula is C37H36N2O4. The summed E-state index contributed by atoms with van der Waals surface area (Å²) in [5, 5.41) is 5.87. The van der Waals surface area contributed by atoms with E-state index in [9.17, 15) is 14.4 Å².